The van der Waals surface area contributed by atoms with Gasteiger partial charge < -0.3 is 9.80 Å². The molecular weight excluding hydrogens is 152 g/mol. The van der Waals surface area contributed by atoms with E-state index in [1.54, 1.807) is 4.90 Å². The van der Waals surface area contributed by atoms with Crippen molar-refractivity contribution in [2.75, 3.05) is 33.7 Å². The highest BCUT2D eigenvalue weighted by atomic mass is 16.1. The predicted molar refractivity (Wildman–Crippen MR) is 51.1 cm³/mol. The van der Waals surface area contributed by atoms with Gasteiger partial charge in [0.1, 0.15) is 0 Å². The molecule has 12 heavy (non-hydrogen) atoms. The van der Waals surface area contributed by atoms with E-state index in [0.717, 1.165) is 32.5 Å². The van der Waals surface area contributed by atoms with E-state index in [1.807, 2.05) is 7.05 Å². The van der Waals surface area contributed by atoms with Gasteiger partial charge in [-0.05, 0) is 33.0 Å². The highest BCUT2D eigenvalue weighted by molar-refractivity contribution is 5.46. The quantitative estimate of drug-likeness (QED) is 0.530. The van der Waals surface area contributed by atoms with Crippen LogP contribution in [0.15, 0.2) is 0 Å². The molecule has 0 spiro atoms. The average molecular weight is 172 g/mol. The molecule has 0 rings (SSSR count). The van der Waals surface area contributed by atoms with Crippen molar-refractivity contribution in [2.24, 2.45) is 0 Å². The van der Waals surface area contributed by atoms with Crippen LogP contribution in [0, 0.1) is 0 Å². The van der Waals surface area contributed by atoms with Gasteiger partial charge in [-0.1, -0.05) is 6.92 Å². The van der Waals surface area contributed by atoms with Gasteiger partial charge in [0.05, 0.1) is 0 Å². The Morgan fingerprint density at radius 2 is 1.83 bits per heavy atom. The Bertz CT molecular complexity index is 117. The molecule has 0 atom stereocenters. The van der Waals surface area contributed by atoms with Crippen molar-refractivity contribution in [1.29, 1.82) is 0 Å². The molecule has 0 saturated heterocycles. The molecule has 0 radical (unpaired) electrons. The van der Waals surface area contributed by atoms with Crippen molar-refractivity contribution in [3.8, 4) is 0 Å². The van der Waals surface area contributed by atoms with Crippen molar-refractivity contribution < 1.29 is 4.79 Å². The summed E-state index contributed by atoms with van der Waals surface area (Å²) in [6, 6.07) is 0. The van der Waals surface area contributed by atoms with Gasteiger partial charge in [-0.2, -0.15) is 0 Å². The molecule has 0 aliphatic heterocycles. The van der Waals surface area contributed by atoms with Gasteiger partial charge in [-0.25, -0.2) is 0 Å². The van der Waals surface area contributed by atoms with Crippen LogP contribution in [0.2, 0.25) is 0 Å². The summed E-state index contributed by atoms with van der Waals surface area (Å²) in [6.45, 7) is 5.25. The van der Waals surface area contributed by atoms with E-state index in [2.05, 4.69) is 18.9 Å². The van der Waals surface area contributed by atoms with Crippen molar-refractivity contribution in [2.45, 2.75) is 19.8 Å². The summed E-state index contributed by atoms with van der Waals surface area (Å²) in [5.74, 6) is 0. The van der Waals surface area contributed by atoms with Crippen LogP contribution in [0.1, 0.15) is 19.8 Å². The van der Waals surface area contributed by atoms with Crippen LogP contribution in [0.25, 0.3) is 0 Å². The van der Waals surface area contributed by atoms with E-state index in [0.29, 0.717) is 0 Å². The molecule has 0 saturated carbocycles. The van der Waals surface area contributed by atoms with Gasteiger partial charge in [-0.3, -0.25) is 4.79 Å². The smallest absolute Gasteiger partial charge is 0.209 e. The fraction of sp³-hybridized carbons (Fsp3) is 0.889. The first-order valence-electron chi connectivity index (χ1n) is 4.54. The summed E-state index contributed by atoms with van der Waals surface area (Å²) < 4.78 is 0. The van der Waals surface area contributed by atoms with E-state index < -0.39 is 0 Å². The van der Waals surface area contributed by atoms with Gasteiger partial charge in [0, 0.05) is 13.6 Å². The van der Waals surface area contributed by atoms with Crippen LogP contribution in [0.4, 0.5) is 0 Å². The number of hydrogen-bond donors (Lipinski definition) is 0. The van der Waals surface area contributed by atoms with Gasteiger partial charge in [0.15, 0.2) is 0 Å². The maximum atomic E-state index is 10.2. The minimum Gasteiger partial charge on any atom is -0.348 e. The summed E-state index contributed by atoms with van der Waals surface area (Å²) in [4.78, 5) is 14.2. The monoisotopic (exact) mass is 172 g/mol. The highest BCUT2D eigenvalue weighted by Gasteiger charge is 1.97. The van der Waals surface area contributed by atoms with Crippen LogP contribution in [-0.4, -0.2) is 49.9 Å². The Morgan fingerprint density at radius 3 is 2.33 bits per heavy atom. The van der Waals surface area contributed by atoms with Gasteiger partial charge in [0.2, 0.25) is 6.41 Å². The number of hydrogen-bond acceptors (Lipinski definition) is 2. The third kappa shape index (κ3) is 6.16. The van der Waals surface area contributed by atoms with E-state index >= 15 is 0 Å². The summed E-state index contributed by atoms with van der Waals surface area (Å²) in [5, 5.41) is 0. The number of carbonyl (C=O) groups excluding carboxylic acids is 1. The first-order chi connectivity index (χ1) is 5.70. The number of nitrogens with zero attached hydrogens (tertiary/aromatic N) is 2. The molecule has 0 N–H and O–H groups in total. The zero-order valence-electron chi connectivity index (χ0n) is 8.42. The maximum Gasteiger partial charge on any atom is 0.209 e. The molecule has 0 aromatic rings. The molecule has 0 aromatic carbocycles. The van der Waals surface area contributed by atoms with Crippen LogP contribution in [0.5, 0.6) is 0 Å². The highest BCUT2D eigenvalue weighted by Crippen LogP contribution is 1.90. The molecular formula is C9H20N2O. The average Bonchev–Trinajstić information content (AvgIpc) is 2.04. The van der Waals surface area contributed by atoms with Gasteiger partial charge >= 0.3 is 0 Å². The minimum absolute atomic E-state index is 0.859. The van der Waals surface area contributed by atoms with Crippen LogP contribution >= 0.6 is 0 Å². The van der Waals surface area contributed by atoms with Crippen molar-refractivity contribution in [3.63, 3.8) is 0 Å². The van der Waals surface area contributed by atoms with E-state index in [-0.39, 0.29) is 0 Å². The summed E-state index contributed by atoms with van der Waals surface area (Å²) in [6.07, 6.45) is 3.13. The Kier molecular flexibility index (Phi) is 6.76. The Morgan fingerprint density at radius 1 is 1.17 bits per heavy atom. The van der Waals surface area contributed by atoms with Gasteiger partial charge in [0.25, 0.3) is 0 Å². The lowest BCUT2D eigenvalue weighted by atomic mass is 10.3. The fourth-order valence-electron chi connectivity index (χ4n) is 1.14. The van der Waals surface area contributed by atoms with Crippen LogP contribution in [-0.2, 0) is 4.79 Å². The Balaban J connectivity index is 3.23. The molecule has 0 aliphatic rings. The van der Waals surface area contributed by atoms with Crippen molar-refractivity contribution >= 4 is 6.41 Å². The SMILES string of the molecule is CCCN(C)CCCN(C)C=O. The Hall–Kier alpha value is -0.570. The first-order valence-corrected chi connectivity index (χ1v) is 4.54. The molecule has 0 unspecified atom stereocenters. The second-order valence-corrected chi connectivity index (χ2v) is 3.24. The van der Waals surface area contributed by atoms with E-state index in [1.165, 1.54) is 6.42 Å². The van der Waals surface area contributed by atoms with Crippen LogP contribution < -0.4 is 0 Å². The minimum atomic E-state index is 0.859. The molecule has 3 heteroatoms. The molecule has 72 valence electrons. The second kappa shape index (κ2) is 7.10. The molecule has 0 aliphatic carbocycles. The molecule has 3 nitrogen and oxygen atoms in total. The zero-order valence-corrected chi connectivity index (χ0v) is 8.42. The van der Waals surface area contributed by atoms with E-state index in [4.69, 9.17) is 0 Å². The molecule has 0 bridgehead atoms. The summed E-state index contributed by atoms with van der Waals surface area (Å²) >= 11 is 0. The third-order valence-electron chi connectivity index (χ3n) is 1.84. The maximum absolute atomic E-state index is 10.2. The lowest BCUT2D eigenvalue weighted by molar-refractivity contribution is -0.117. The van der Waals surface area contributed by atoms with Gasteiger partial charge in [-0.15, -0.1) is 0 Å². The topological polar surface area (TPSA) is 23.6 Å². The number of carbonyl (C=O) groups is 1. The normalized spacial score (nSPS) is 10.3. The fourth-order valence-corrected chi connectivity index (χ4v) is 1.14. The Labute approximate surface area is 75.3 Å². The lowest BCUT2D eigenvalue weighted by Crippen LogP contribution is -2.25. The number of amides is 1. The first kappa shape index (κ1) is 11.4. The molecule has 0 fully saturated rings. The summed E-state index contributed by atoms with van der Waals surface area (Å²) in [5.41, 5.74) is 0. The molecule has 0 aromatic heterocycles. The van der Waals surface area contributed by atoms with Crippen LogP contribution in [0.3, 0.4) is 0 Å². The van der Waals surface area contributed by atoms with E-state index in [9.17, 15) is 4.79 Å². The van der Waals surface area contributed by atoms with Crippen molar-refractivity contribution in [1.82, 2.24) is 9.80 Å². The molecule has 1 amide bonds. The molecule has 0 heterocycles. The zero-order chi connectivity index (χ0) is 9.40. The number of rotatable bonds is 7. The predicted octanol–water partition coefficient (Wildman–Crippen LogP) is 0.806. The second-order valence-electron chi connectivity index (χ2n) is 3.24. The lowest BCUT2D eigenvalue weighted by Gasteiger charge is -2.16. The standard InChI is InChI=1S/C9H20N2O/c1-4-6-10(2)7-5-8-11(3)9-12/h9H,4-8H2,1-3H3. The van der Waals surface area contributed by atoms with Crippen molar-refractivity contribution in [3.05, 3.63) is 0 Å². The largest absolute Gasteiger partial charge is 0.348 e. The third-order valence-corrected chi connectivity index (χ3v) is 1.84. The summed E-state index contributed by atoms with van der Waals surface area (Å²) in [7, 11) is 3.93.